The monoisotopic (exact) mass is 405 g/mol. The van der Waals surface area contributed by atoms with Gasteiger partial charge in [0.25, 0.3) is 0 Å². The number of H-pyrrole nitrogens is 1. The molecule has 0 radical (unpaired) electrons. The second-order valence-corrected chi connectivity index (χ2v) is 7.53. The number of aryl methyl sites for hydroxylation is 1. The maximum atomic E-state index is 6.21. The van der Waals surface area contributed by atoms with E-state index in [1.54, 1.807) is 0 Å². The van der Waals surface area contributed by atoms with Gasteiger partial charge in [-0.15, -0.1) is 0 Å². The van der Waals surface area contributed by atoms with Gasteiger partial charge in [-0.1, -0.05) is 48.0 Å². The third-order valence-electron chi connectivity index (χ3n) is 4.96. The molecule has 0 atom stereocenters. The lowest BCUT2D eigenvalue weighted by Crippen LogP contribution is -2.18. The first-order chi connectivity index (χ1) is 14.2. The molecule has 0 amide bonds. The Labute approximate surface area is 175 Å². The minimum Gasteiger partial charge on any atom is -0.489 e. The number of para-hydroxylation sites is 2. The first-order valence-electron chi connectivity index (χ1n) is 9.79. The van der Waals surface area contributed by atoms with E-state index in [4.69, 9.17) is 16.3 Å². The van der Waals surface area contributed by atoms with Crippen molar-refractivity contribution in [3.05, 3.63) is 94.3 Å². The summed E-state index contributed by atoms with van der Waals surface area (Å²) in [5.74, 6) is 1.84. The van der Waals surface area contributed by atoms with Crippen molar-refractivity contribution < 1.29 is 4.74 Å². The lowest BCUT2D eigenvalue weighted by molar-refractivity contribution is 0.301. The van der Waals surface area contributed by atoms with E-state index in [2.05, 4.69) is 34.3 Å². The Bertz CT molecular complexity index is 1070. The van der Waals surface area contributed by atoms with Crippen molar-refractivity contribution in [1.29, 1.82) is 0 Å². The molecule has 1 aromatic heterocycles. The maximum absolute atomic E-state index is 6.21. The zero-order valence-corrected chi connectivity index (χ0v) is 17.2. The van der Waals surface area contributed by atoms with Gasteiger partial charge in [-0.05, 0) is 48.4 Å². The first-order valence-corrected chi connectivity index (χ1v) is 10.2. The van der Waals surface area contributed by atoms with E-state index >= 15 is 0 Å². The topological polar surface area (TPSA) is 49.9 Å². The Morgan fingerprint density at radius 2 is 1.83 bits per heavy atom. The predicted molar refractivity (Wildman–Crippen MR) is 118 cm³/mol. The van der Waals surface area contributed by atoms with Crippen LogP contribution in [-0.4, -0.2) is 16.5 Å². The van der Waals surface area contributed by atoms with Gasteiger partial charge in [0.05, 0.1) is 11.0 Å². The second-order valence-electron chi connectivity index (χ2n) is 7.09. The molecule has 0 saturated carbocycles. The number of nitrogens with one attached hydrogen (secondary N) is 2. The number of hydrogen-bond acceptors (Lipinski definition) is 3. The summed E-state index contributed by atoms with van der Waals surface area (Å²) in [6.07, 6.45) is 0.828. The normalized spacial score (nSPS) is 11.1. The van der Waals surface area contributed by atoms with Crippen LogP contribution in [0.15, 0.2) is 66.7 Å². The zero-order chi connectivity index (χ0) is 20.1. The highest BCUT2D eigenvalue weighted by Gasteiger charge is 2.07. The number of hydrogen-bond donors (Lipinski definition) is 2. The summed E-state index contributed by atoms with van der Waals surface area (Å²) in [7, 11) is 0. The highest BCUT2D eigenvalue weighted by Crippen LogP contribution is 2.24. The lowest BCUT2D eigenvalue weighted by atomic mass is 10.1. The maximum Gasteiger partial charge on any atom is 0.124 e. The van der Waals surface area contributed by atoms with Gasteiger partial charge in [-0.3, -0.25) is 0 Å². The summed E-state index contributed by atoms with van der Waals surface area (Å²) in [6.45, 7) is 4.13. The van der Waals surface area contributed by atoms with Crippen molar-refractivity contribution in [3.8, 4) is 5.75 Å². The highest BCUT2D eigenvalue weighted by atomic mass is 35.5. The summed E-state index contributed by atoms with van der Waals surface area (Å²) >= 11 is 6.21. The minimum absolute atomic E-state index is 0.542. The van der Waals surface area contributed by atoms with E-state index < -0.39 is 0 Å². The Balaban J connectivity index is 1.35. The fraction of sp³-hybridized carbons (Fsp3) is 0.208. The molecule has 4 aromatic rings. The van der Waals surface area contributed by atoms with Crippen LogP contribution in [0.5, 0.6) is 5.75 Å². The highest BCUT2D eigenvalue weighted by molar-refractivity contribution is 6.30. The van der Waals surface area contributed by atoms with Crippen LogP contribution in [0.25, 0.3) is 11.0 Å². The van der Waals surface area contributed by atoms with Gasteiger partial charge in [0.1, 0.15) is 18.2 Å². The van der Waals surface area contributed by atoms with E-state index in [-0.39, 0.29) is 0 Å². The van der Waals surface area contributed by atoms with Crippen molar-refractivity contribution in [1.82, 2.24) is 15.3 Å². The van der Waals surface area contributed by atoms with Crippen molar-refractivity contribution in [2.75, 3.05) is 6.54 Å². The quantitative estimate of drug-likeness (QED) is 0.384. The number of benzene rings is 3. The number of ether oxygens (including phenoxy) is 1. The number of aromatic amines is 1. The van der Waals surface area contributed by atoms with Gasteiger partial charge in [-0.25, -0.2) is 4.98 Å². The summed E-state index contributed by atoms with van der Waals surface area (Å²) < 4.78 is 6.10. The van der Waals surface area contributed by atoms with Crippen LogP contribution in [0.4, 0.5) is 0 Å². The number of fused-ring (bicyclic) bond motifs is 1. The third-order valence-corrected chi connectivity index (χ3v) is 5.19. The molecule has 29 heavy (non-hydrogen) atoms. The Morgan fingerprint density at radius 1 is 1.00 bits per heavy atom. The zero-order valence-electron chi connectivity index (χ0n) is 16.4. The summed E-state index contributed by atoms with van der Waals surface area (Å²) in [5.41, 5.74) is 5.54. The molecule has 4 rings (SSSR count). The molecule has 0 fully saturated rings. The molecular formula is C24H24ClN3O. The van der Waals surface area contributed by atoms with E-state index in [1.807, 2.05) is 54.6 Å². The van der Waals surface area contributed by atoms with E-state index in [0.717, 1.165) is 41.1 Å². The molecular weight excluding hydrogens is 382 g/mol. The standard InChI is InChI=1S/C24H24ClN3O/c1-17-6-2-3-7-18(17)16-29-23-11-10-20(25)14-19(23)15-26-13-12-24-27-21-8-4-5-9-22(21)28-24/h2-11,14,26H,12-13,15-16H2,1H3,(H,27,28). The SMILES string of the molecule is Cc1ccccc1COc1ccc(Cl)cc1CNCCc1nc2ccccc2[nH]1. The van der Waals surface area contributed by atoms with Crippen LogP contribution >= 0.6 is 11.6 Å². The molecule has 0 aliphatic heterocycles. The number of aromatic nitrogens is 2. The molecule has 0 bridgehead atoms. The van der Waals surface area contributed by atoms with Crippen molar-refractivity contribution in [2.45, 2.75) is 26.5 Å². The van der Waals surface area contributed by atoms with Crippen LogP contribution in [0, 0.1) is 6.92 Å². The van der Waals surface area contributed by atoms with E-state index in [0.29, 0.717) is 18.2 Å². The number of imidazole rings is 1. The molecule has 4 nitrogen and oxygen atoms in total. The minimum atomic E-state index is 0.542. The molecule has 148 valence electrons. The number of nitrogens with zero attached hydrogens (tertiary/aromatic N) is 1. The van der Waals surface area contributed by atoms with Gasteiger partial charge in [0, 0.05) is 30.1 Å². The number of rotatable bonds is 8. The molecule has 1 heterocycles. The first kappa shape index (κ1) is 19.5. The predicted octanol–water partition coefficient (Wildman–Crippen LogP) is 5.44. The molecule has 5 heteroatoms. The van der Waals surface area contributed by atoms with Gasteiger partial charge in [-0.2, -0.15) is 0 Å². The van der Waals surface area contributed by atoms with Crippen LogP contribution in [-0.2, 0) is 19.6 Å². The van der Waals surface area contributed by atoms with Crippen LogP contribution in [0.3, 0.4) is 0 Å². The summed E-state index contributed by atoms with van der Waals surface area (Å²) in [6, 6.07) is 22.1. The fourth-order valence-corrected chi connectivity index (χ4v) is 3.50. The van der Waals surface area contributed by atoms with Crippen molar-refractivity contribution >= 4 is 22.6 Å². The van der Waals surface area contributed by atoms with E-state index in [1.165, 1.54) is 11.1 Å². The molecule has 0 spiro atoms. The van der Waals surface area contributed by atoms with Gasteiger partial charge >= 0.3 is 0 Å². The smallest absolute Gasteiger partial charge is 0.124 e. The summed E-state index contributed by atoms with van der Waals surface area (Å²) in [5, 5.41) is 4.18. The molecule has 0 aliphatic carbocycles. The fourth-order valence-electron chi connectivity index (χ4n) is 3.31. The van der Waals surface area contributed by atoms with Gasteiger partial charge in [0.15, 0.2) is 0 Å². The van der Waals surface area contributed by atoms with E-state index in [9.17, 15) is 0 Å². The molecule has 0 saturated heterocycles. The van der Waals surface area contributed by atoms with Crippen LogP contribution in [0.1, 0.15) is 22.5 Å². The largest absolute Gasteiger partial charge is 0.489 e. The third kappa shape index (κ3) is 4.97. The van der Waals surface area contributed by atoms with Gasteiger partial charge < -0.3 is 15.0 Å². The molecule has 0 unspecified atom stereocenters. The Kier molecular flexibility index (Phi) is 6.13. The molecule has 2 N–H and O–H groups in total. The van der Waals surface area contributed by atoms with Crippen LogP contribution in [0.2, 0.25) is 5.02 Å². The molecule has 3 aromatic carbocycles. The number of halogens is 1. The average Bonchev–Trinajstić information content (AvgIpc) is 3.14. The van der Waals surface area contributed by atoms with Crippen LogP contribution < -0.4 is 10.1 Å². The Hall–Kier alpha value is -2.82. The van der Waals surface area contributed by atoms with Crippen molar-refractivity contribution in [3.63, 3.8) is 0 Å². The van der Waals surface area contributed by atoms with Crippen molar-refractivity contribution in [2.24, 2.45) is 0 Å². The lowest BCUT2D eigenvalue weighted by Gasteiger charge is -2.14. The molecule has 0 aliphatic rings. The average molecular weight is 406 g/mol. The second kappa shape index (κ2) is 9.12. The summed E-state index contributed by atoms with van der Waals surface area (Å²) in [4.78, 5) is 7.98. The van der Waals surface area contributed by atoms with Gasteiger partial charge in [0.2, 0.25) is 0 Å². The Morgan fingerprint density at radius 3 is 2.69 bits per heavy atom.